The summed E-state index contributed by atoms with van der Waals surface area (Å²) in [5.41, 5.74) is 0.316. The molecule has 5 heteroatoms. The van der Waals surface area contributed by atoms with Crippen LogP contribution in [0, 0.1) is 5.82 Å². The molecule has 0 bridgehead atoms. The van der Waals surface area contributed by atoms with E-state index in [0.717, 1.165) is 13.1 Å². The molecule has 0 spiro atoms. The number of likely N-dealkylation sites (N-methyl/N-ethyl adjacent to an activating group) is 1. The van der Waals surface area contributed by atoms with Crippen LogP contribution in [0.2, 0.25) is 0 Å². The minimum absolute atomic E-state index is 0.102. The SMILES string of the molecule is COc1ccc(F)cc1C(=O)CN1CC(C)N(C)C(C)C1. The topological polar surface area (TPSA) is 32.8 Å². The highest BCUT2D eigenvalue weighted by molar-refractivity contribution is 6.00. The molecule has 4 nitrogen and oxygen atoms in total. The Kier molecular flexibility index (Phi) is 4.96. The van der Waals surface area contributed by atoms with Crippen LogP contribution in [-0.2, 0) is 0 Å². The summed E-state index contributed by atoms with van der Waals surface area (Å²) < 4.78 is 18.5. The molecule has 2 unspecified atom stereocenters. The zero-order chi connectivity index (χ0) is 15.6. The maximum atomic E-state index is 13.4. The molecule has 1 aliphatic rings. The monoisotopic (exact) mass is 294 g/mol. The molecule has 1 saturated heterocycles. The molecule has 0 saturated carbocycles. The maximum Gasteiger partial charge on any atom is 0.180 e. The predicted molar refractivity (Wildman–Crippen MR) is 80.4 cm³/mol. The Hall–Kier alpha value is -1.46. The zero-order valence-electron chi connectivity index (χ0n) is 13.1. The molecular weight excluding hydrogens is 271 g/mol. The van der Waals surface area contributed by atoms with Gasteiger partial charge in [-0.1, -0.05) is 0 Å². The molecule has 1 aromatic carbocycles. The van der Waals surface area contributed by atoms with Crippen molar-refractivity contribution in [2.24, 2.45) is 0 Å². The molecule has 0 radical (unpaired) electrons. The van der Waals surface area contributed by atoms with Crippen LogP contribution in [0.3, 0.4) is 0 Å². The number of hydrogen-bond acceptors (Lipinski definition) is 4. The van der Waals surface area contributed by atoms with Crippen LogP contribution in [0.4, 0.5) is 4.39 Å². The molecular formula is C16H23FN2O2. The molecule has 116 valence electrons. The van der Waals surface area contributed by atoms with E-state index < -0.39 is 5.82 Å². The van der Waals surface area contributed by atoms with Crippen LogP contribution < -0.4 is 4.74 Å². The summed E-state index contributed by atoms with van der Waals surface area (Å²) in [5.74, 6) is -0.0915. The minimum Gasteiger partial charge on any atom is -0.496 e. The van der Waals surface area contributed by atoms with E-state index in [0.29, 0.717) is 29.9 Å². The summed E-state index contributed by atoms with van der Waals surface area (Å²) in [4.78, 5) is 16.9. The summed E-state index contributed by atoms with van der Waals surface area (Å²) in [6.45, 7) is 6.27. The fourth-order valence-electron chi connectivity index (χ4n) is 2.83. The lowest BCUT2D eigenvalue weighted by molar-refractivity contribution is 0.0548. The number of Topliss-reactive ketones (excluding diaryl/α,β-unsaturated/α-hetero) is 1. The number of rotatable bonds is 4. The molecule has 0 aromatic heterocycles. The fraction of sp³-hybridized carbons (Fsp3) is 0.562. The number of piperazine rings is 1. The zero-order valence-corrected chi connectivity index (χ0v) is 13.1. The van der Waals surface area contributed by atoms with Crippen molar-refractivity contribution in [2.45, 2.75) is 25.9 Å². The first-order valence-electron chi connectivity index (χ1n) is 7.23. The van der Waals surface area contributed by atoms with Crippen molar-refractivity contribution in [1.29, 1.82) is 0 Å². The van der Waals surface area contributed by atoms with Gasteiger partial charge >= 0.3 is 0 Å². The van der Waals surface area contributed by atoms with Crippen molar-refractivity contribution in [3.05, 3.63) is 29.6 Å². The van der Waals surface area contributed by atoms with Gasteiger partial charge in [0.2, 0.25) is 0 Å². The average molecular weight is 294 g/mol. The molecule has 1 fully saturated rings. The van der Waals surface area contributed by atoms with Gasteiger partial charge in [-0.3, -0.25) is 14.6 Å². The Morgan fingerprint density at radius 1 is 1.33 bits per heavy atom. The van der Waals surface area contributed by atoms with E-state index in [9.17, 15) is 9.18 Å². The first kappa shape index (κ1) is 15.9. The molecule has 2 rings (SSSR count). The molecule has 1 aliphatic heterocycles. The Morgan fingerprint density at radius 2 is 1.95 bits per heavy atom. The van der Waals surface area contributed by atoms with Crippen LogP contribution in [0.5, 0.6) is 5.75 Å². The smallest absolute Gasteiger partial charge is 0.180 e. The number of ketones is 1. The molecule has 0 aliphatic carbocycles. The Morgan fingerprint density at radius 3 is 2.52 bits per heavy atom. The third kappa shape index (κ3) is 3.60. The second kappa shape index (κ2) is 6.54. The number of carbonyl (C=O) groups excluding carboxylic acids is 1. The lowest BCUT2D eigenvalue weighted by Gasteiger charge is -2.42. The molecule has 21 heavy (non-hydrogen) atoms. The van der Waals surface area contributed by atoms with Crippen molar-refractivity contribution in [3.63, 3.8) is 0 Å². The summed E-state index contributed by atoms with van der Waals surface area (Å²) >= 11 is 0. The van der Waals surface area contributed by atoms with E-state index in [1.54, 1.807) is 0 Å². The van der Waals surface area contributed by atoms with Gasteiger partial charge in [0.25, 0.3) is 0 Å². The lowest BCUT2D eigenvalue weighted by atomic mass is 10.1. The number of ether oxygens (including phenoxy) is 1. The van der Waals surface area contributed by atoms with Crippen molar-refractivity contribution in [3.8, 4) is 5.75 Å². The van der Waals surface area contributed by atoms with Gasteiger partial charge in [-0.25, -0.2) is 4.39 Å². The second-order valence-electron chi connectivity index (χ2n) is 5.83. The number of halogens is 1. The molecule has 0 amide bonds. The van der Waals surface area contributed by atoms with E-state index in [-0.39, 0.29) is 5.78 Å². The summed E-state index contributed by atoms with van der Waals surface area (Å²) in [7, 11) is 3.59. The van der Waals surface area contributed by atoms with E-state index >= 15 is 0 Å². The van der Waals surface area contributed by atoms with Gasteiger partial charge in [0.15, 0.2) is 5.78 Å². The van der Waals surface area contributed by atoms with Gasteiger partial charge in [-0.2, -0.15) is 0 Å². The third-order valence-corrected chi connectivity index (χ3v) is 4.26. The van der Waals surface area contributed by atoms with Gasteiger partial charge in [-0.05, 0) is 39.1 Å². The number of hydrogen-bond donors (Lipinski definition) is 0. The second-order valence-corrected chi connectivity index (χ2v) is 5.83. The Labute approximate surface area is 125 Å². The van der Waals surface area contributed by atoms with Crippen LogP contribution in [0.15, 0.2) is 18.2 Å². The summed E-state index contributed by atoms with van der Waals surface area (Å²) in [5, 5.41) is 0. The normalized spacial score (nSPS) is 24.0. The average Bonchev–Trinajstić information content (AvgIpc) is 2.44. The van der Waals surface area contributed by atoms with Crippen LogP contribution in [0.1, 0.15) is 24.2 Å². The highest BCUT2D eigenvalue weighted by atomic mass is 19.1. The molecule has 1 aromatic rings. The van der Waals surface area contributed by atoms with Gasteiger partial charge in [-0.15, -0.1) is 0 Å². The largest absolute Gasteiger partial charge is 0.496 e. The number of carbonyl (C=O) groups is 1. The Balaban J connectivity index is 2.10. The maximum absolute atomic E-state index is 13.4. The van der Waals surface area contributed by atoms with Gasteiger partial charge in [0, 0.05) is 25.2 Å². The van der Waals surface area contributed by atoms with Gasteiger partial charge in [0.05, 0.1) is 19.2 Å². The first-order chi connectivity index (χ1) is 9.92. The van der Waals surface area contributed by atoms with Crippen LogP contribution in [-0.4, -0.2) is 61.5 Å². The molecule has 1 heterocycles. The van der Waals surface area contributed by atoms with Gasteiger partial charge < -0.3 is 4.74 Å². The number of methoxy groups -OCH3 is 1. The molecule has 0 N–H and O–H groups in total. The number of benzene rings is 1. The first-order valence-corrected chi connectivity index (χ1v) is 7.23. The van der Waals surface area contributed by atoms with Crippen molar-refractivity contribution in [2.75, 3.05) is 33.8 Å². The summed E-state index contributed by atoms with van der Waals surface area (Å²) in [6, 6.07) is 4.85. The van der Waals surface area contributed by atoms with Crippen molar-refractivity contribution >= 4 is 5.78 Å². The van der Waals surface area contributed by atoms with Gasteiger partial charge in [0.1, 0.15) is 11.6 Å². The van der Waals surface area contributed by atoms with Crippen molar-refractivity contribution in [1.82, 2.24) is 9.80 Å². The standard InChI is InChI=1S/C16H23FN2O2/c1-11-8-19(9-12(2)18(11)3)10-15(20)14-7-13(17)5-6-16(14)21-4/h5-7,11-12H,8-10H2,1-4H3. The minimum atomic E-state index is -0.417. The predicted octanol–water partition coefficient (Wildman–Crippen LogP) is 2.04. The lowest BCUT2D eigenvalue weighted by Crippen LogP contribution is -2.55. The summed E-state index contributed by atoms with van der Waals surface area (Å²) in [6.07, 6.45) is 0. The van der Waals surface area contributed by atoms with Crippen LogP contribution >= 0.6 is 0 Å². The number of nitrogens with zero attached hydrogens (tertiary/aromatic N) is 2. The van der Waals surface area contributed by atoms with E-state index in [4.69, 9.17) is 4.74 Å². The fourth-order valence-corrected chi connectivity index (χ4v) is 2.83. The van der Waals surface area contributed by atoms with Crippen molar-refractivity contribution < 1.29 is 13.9 Å². The molecule has 2 atom stereocenters. The highest BCUT2D eigenvalue weighted by Gasteiger charge is 2.28. The van der Waals surface area contributed by atoms with E-state index in [1.165, 1.54) is 25.3 Å². The third-order valence-electron chi connectivity index (χ3n) is 4.26. The van der Waals surface area contributed by atoms with E-state index in [2.05, 4.69) is 30.7 Å². The van der Waals surface area contributed by atoms with Crippen LogP contribution in [0.25, 0.3) is 0 Å². The quantitative estimate of drug-likeness (QED) is 0.796. The highest BCUT2D eigenvalue weighted by Crippen LogP contribution is 2.21. The Bertz CT molecular complexity index is 509. The van der Waals surface area contributed by atoms with E-state index in [1.807, 2.05) is 0 Å².